The van der Waals surface area contributed by atoms with Gasteiger partial charge in [-0.3, -0.25) is 9.59 Å². The lowest BCUT2D eigenvalue weighted by Crippen LogP contribution is -2.27. The van der Waals surface area contributed by atoms with E-state index in [9.17, 15) is 9.59 Å². The van der Waals surface area contributed by atoms with Crippen LogP contribution in [0.5, 0.6) is 0 Å². The first-order valence-electron chi connectivity index (χ1n) is 7.65. The molecule has 0 spiro atoms. The van der Waals surface area contributed by atoms with Gasteiger partial charge in [-0.1, -0.05) is 50.2 Å². The van der Waals surface area contributed by atoms with Crippen molar-refractivity contribution >= 4 is 23.5 Å². The first-order chi connectivity index (χ1) is 11.1. The van der Waals surface area contributed by atoms with Crippen LogP contribution in [0.2, 0.25) is 0 Å². The van der Waals surface area contributed by atoms with Crippen LogP contribution in [0.1, 0.15) is 34.6 Å². The van der Waals surface area contributed by atoms with Crippen molar-refractivity contribution in [3.63, 3.8) is 0 Å². The molecule has 0 radical (unpaired) electrons. The van der Waals surface area contributed by atoms with Crippen LogP contribution in [0.4, 0.5) is 0 Å². The van der Waals surface area contributed by atoms with Crippen molar-refractivity contribution < 1.29 is 9.59 Å². The van der Waals surface area contributed by atoms with E-state index in [2.05, 4.69) is 19.2 Å². The minimum Gasteiger partial charge on any atom is -0.352 e. The van der Waals surface area contributed by atoms with E-state index in [0.29, 0.717) is 29.3 Å². The minimum absolute atomic E-state index is 0.0736. The zero-order chi connectivity index (χ0) is 16.7. The number of ketones is 1. The Morgan fingerprint density at radius 1 is 1.00 bits per heavy atom. The summed E-state index contributed by atoms with van der Waals surface area (Å²) >= 11 is 1.45. The molecular formula is C19H21NO2S. The van der Waals surface area contributed by atoms with Crippen molar-refractivity contribution in [2.24, 2.45) is 5.92 Å². The molecule has 2 aromatic carbocycles. The Hall–Kier alpha value is -2.07. The number of nitrogens with one attached hydrogen (secondary N) is 1. The molecule has 0 aliphatic heterocycles. The van der Waals surface area contributed by atoms with Crippen LogP contribution >= 0.6 is 11.8 Å². The van der Waals surface area contributed by atoms with E-state index in [1.807, 2.05) is 48.5 Å². The van der Waals surface area contributed by atoms with Gasteiger partial charge in [0, 0.05) is 22.6 Å². The molecule has 0 saturated carbocycles. The van der Waals surface area contributed by atoms with Crippen LogP contribution in [-0.2, 0) is 0 Å². The van der Waals surface area contributed by atoms with E-state index in [-0.39, 0.29) is 11.7 Å². The predicted octanol–water partition coefficient (Wildman–Crippen LogP) is 4.05. The van der Waals surface area contributed by atoms with Gasteiger partial charge < -0.3 is 5.32 Å². The molecule has 0 bridgehead atoms. The van der Waals surface area contributed by atoms with Crippen LogP contribution < -0.4 is 5.32 Å². The van der Waals surface area contributed by atoms with E-state index in [0.717, 1.165) is 4.90 Å². The lowest BCUT2D eigenvalue weighted by Gasteiger charge is -2.08. The Balaban J connectivity index is 1.95. The van der Waals surface area contributed by atoms with E-state index in [1.54, 1.807) is 6.07 Å². The van der Waals surface area contributed by atoms with E-state index >= 15 is 0 Å². The van der Waals surface area contributed by atoms with E-state index < -0.39 is 0 Å². The first-order valence-corrected chi connectivity index (χ1v) is 8.64. The molecular weight excluding hydrogens is 306 g/mol. The Labute approximate surface area is 141 Å². The summed E-state index contributed by atoms with van der Waals surface area (Å²) in [5, 5.41) is 2.90. The third kappa shape index (κ3) is 5.57. The number of rotatable bonds is 7. The fraction of sp³-hybridized carbons (Fsp3) is 0.263. The molecule has 120 valence electrons. The molecule has 0 heterocycles. The number of amides is 1. The molecule has 23 heavy (non-hydrogen) atoms. The number of thioether (sulfide) groups is 1. The third-order valence-electron chi connectivity index (χ3n) is 3.23. The van der Waals surface area contributed by atoms with Crippen molar-refractivity contribution in [2.75, 3.05) is 12.3 Å². The second kappa shape index (κ2) is 8.53. The van der Waals surface area contributed by atoms with E-state index in [4.69, 9.17) is 0 Å². The van der Waals surface area contributed by atoms with Gasteiger partial charge in [0.25, 0.3) is 5.91 Å². The normalized spacial score (nSPS) is 10.6. The summed E-state index contributed by atoms with van der Waals surface area (Å²) in [5.41, 5.74) is 1.34. The zero-order valence-corrected chi connectivity index (χ0v) is 14.2. The average molecular weight is 327 g/mol. The molecule has 2 aromatic rings. The Bertz CT molecular complexity index is 668. The van der Waals surface area contributed by atoms with Gasteiger partial charge in [-0.2, -0.15) is 0 Å². The Kier molecular flexibility index (Phi) is 6.41. The van der Waals surface area contributed by atoms with Gasteiger partial charge in [0.05, 0.1) is 5.75 Å². The van der Waals surface area contributed by atoms with Gasteiger partial charge in [-0.05, 0) is 24.1 Å². The highest BCUT2D eigenvalue weighted by Gasteiger charge is 2.09. The lowest BCUT2D eigenvalue weighted by atomic mass is 10.2. The van der Waals surface area contributed by atoms with Crippen LogP contribution in [0.25, 0.3) is 0 Å². The molecule has 0 aliphatic rings. The maximum atomic E-state index is 12.1. The molecule has 0 saturated heterocycles. The number of carbonyl (C=O) groups is 2. The largest absolute Gasteiger partial charge is 0.352 e. The summed E-state index contributed by atoms with van der Waals surface area (Å²) in [7, 11) is 0. The Morgan fingerprint density at radius 3 is 2.39 bits per heavy atom. The molecule has 1 amide bonds. The zero-order valence-electron chi connectivity index (χ0n) is 13.4. The lowest BCUT2D eigenvalue weighted by molar-refractivity contribution is 0.0948. The molecule has 0 fully saturated rings. The second-order valence-corrected chi connectivity index (χ2v) is 6.76. The molecule has 3 nitrogen and oxygen atoms in total. The maximum absolute atomic E-state index is 12.1. The number of hydrogen-bond donors (Lipinski definition) is 1. The molecule has 0 aromatic heterocycles. The summed E-state index contributed by atoms with van der Waals surface area (Å²) in [6.07, 6.45) is 0. The number of hydrogen-bond acceptors (Lipinski definition) is 3. The van der Waals surface area contributed by atoms with Gasteiger partial charge in [0.1, 0.15) is 0 Å². The Morgan fingerprint density at radius 2 is 1.70 bits per heavy atom. The summed E-state index contributed by atoms with van der Waals surface area (Å²) in [6.45, 7) is 4.77. The first kappa shape index (κ1) is 17.3. The van der Waals surface area contributed by atoms with Crippen LogP contribution in [0.15, 0.2) is 59.5 Å². The number of carbonyl (C=O) groups excluding carboxylic acids is 2. The van der Waals surface area contributed by atoms with Crippen molar-refractivity contribution in [1.29, 1.82) is 0 Å². The van der Waals surface area contributed by atoms with Gasteiger partial charge >= 0.3 is 0 Å². The van der Waals surface area contributed by atoms with Crippen molar-refractivity contribution in [2.45, 2.75) is 18.7 Å². The monoisotopic (exact) mass is 327 g/mol. The highest BCUT2D eigenvalue weighted by Crippen LogP contribution is 2.20. The van der Waals surface area contributed by atoms with Crippen molar-refractivity contribution in [3.05, 3.63) is 65.7 Å². The average Bonchev–Trinajstić information content (AvgIpc) is 2.58. The van der Waals surface area contributed by atoms with Gasteiger partial charge in [-0.25, -0.2) is 0 Å². The standard InChI is InChI=1S/C19H21NO2S/c1-14(2)12-20-19(22)16-9-6-10-17(11-16)23-13-18(21)15-7-4-3-5-8-15/h3-11,14H,12-13H2,1-2H3,(H,20,22). The molecule has 4 heteroatoms. The number of Topliss-reactive ketones (excluding diaryl/α,β-unsaturated/α-hetero) is 1. The fourth-order valence-electron chi connectivity index (χ4n) is 1.98. The third-order valence-corrected chi connectivity index (χ3v) is 4.23. The van der Waals surface area contributed by atoms with Crippen LogP contribution in [0.3, 0.4) is 0 Å². The summed E-state index contributed by atoms with van der Waals surface area (Å²) in [5.74, 6) is 0.793. The van der Waals surface area contributed by atoms with Crippen LogP contribution in [0, 0.1) is 5.92 Å². The molecule has 2 rings (SSSR count). The summed E-state index contributed by atoms with van der Waals surface area (Å²) in [4.78, 5) is 25.1. The van der Waals surface area contributed by atoms with Crippen molar-refractivity contribution in [1.82, 2.24) is 5.32 Å². The van der Waals surface area contributed by atoms with Crippen LogP contribution in [-0.4, -0.2) is 24.0 Å². The molecule has 0 aliphatic carbocycles. The van der Waals surface area contributed by atoms with E-state index in [1.165, 1.54) is 11.8 Å². The van der Waals surface area contributed by atoms with Gasteiger partial charge in [0.2, 0.25) is 0 Å². The summed E-state index contributed by atoms with van der Waals surface area (Å²) in [6, 6.07) is 16.6. The fourth-order valence-corrected chi connectivity index (χ4v) is 2.83. The topological polar surface area (TPSA) is 46.2 Å². The van der Waals surface area contributed by atoms with Gasteiger partial charge in [0.15, 0.2) is 5.78 Å². The SMILES string of the molecule is CC(C)CNC(=O)c1cccc(SCC(=O)c2ccccc2)c1. The highest BCUT2D eigenvalue weighted by molar-refractivity contribution is 8.00. The predicted molar refractivity (Wildman–Crippen MR) is 95.1 cm³/mol. The molecule has 1 N–H and O–H groups in total. The summed E-state index contributed by atoms with van der Waals surface area (Å²) < 4.78 is 0. The maximum Gasteiger partial charge on any atom is 0.251 e. The number of benzene rings is 2. The second-order valence-electron chi connectivity index (χ2n) is 5.71. The molecule has 0 unspecified atom stereocenters. The molecule has 0 atom stereocenters. The van der Waals surface area contributed by atoms with Crippen molar-refractivity contribution in [3.8, 4) is 0 Å². The quantitative estimate of drug-likeness (QED) is 0.616. The smallest absolute Gasteiger partial charge is 0.251 e. The van der Waals surface area contributed by atoms with Gasteiger partial charge in [-0.15, -0.1) is 11.8 Å². The minimum atomic E-state index is -0.0736. The highest BCUT2D eigenvalue weighted by atomic mass is 32.2.